The summed E-state index contributed by atoms with van der Waals surface area (Å²) in [6, 6.07) is 19.1. The second kappa shape index (κ2) is 12.6. The number of halogens is 1. The summed E-state index contributed by atoms with van der Waals surface area (Å²) in [7, 11) is 0. The highest BCUT2D eigenvalue weighted by Crippen LogP contribution is 2.30. The van der Waals surface area contributed by atoms with E-state index in [4.69, 9.17) is 21.1 Å². The molecule has 2 aromatic carbocycles. The Morgan fingerprint density at radius 3 is 2.35 bits per heavy atom. The van der Waals surface area contributed by atoms with E-state index in [-0.39, 0.29) is 18.6 Å². The Hall–Kier alpha value is -2.18. The highest BCUT2D eigenvalue weighted by Gasteiger charge is 2.25. The van der Waals surface area contributed by atoms with Crippen molar-refractivity contribution in [1.82, 2.24) is 9.80 Å². The van der Waals surface area contributed by atoms with Crippen molar-refractivity contribution in [1.29, 1.82) is 0 Å². The second-order valence-electron chi connectivity index (χ2n) is 7.49. The van der Waals surface area contributed by atoms with Crippen LogP contribution in [0.5, 0.6) is 0 Å². The summed E-state index contributed by atoms with van der Waals surface area (Å²) in [4.78, 5) is 16.2. The minimum Gasteiger partial charge on any atom is -0.464 e. The molecule has 5 nitrogen and oxygen atoms in total. The van der Waals surface area contributed by atoms with Gasteiger partial charge in [-0.05, 0) is 30.2 Å². The Morgan fingerprint density at radius 1 is 1.00 bits per heavy atom. The van der Waals surface area contributed by atoms with Gasteiger partial charge in [-0.25, -0.2) is 4.79 Å². The van der Waals surface area contributed by atoms with Crippen LogP contribution in [0.4, 0.5) is 0 Å². The summed E-state index contributed by atoms with van der Waals surface area (Å²) in [5, 5.41) is 0.762. The predicted molar refractivity (Wildman–Crippen MR) is 124 cm³/mol. The summed E-state index contributed by atoms with van der Waals surface area (Å²) in [6.07, 6.45) is 4.07. The van der Waals surface area contributed by atoms with E-state index in [0.29, 0.717) is 13.2 Å². The van der Waals surface area contributed by atoms with Crippen molar-refractivity contribution < 1.29 is 14.3 Å². The zero-order valence-corrected chi connectivity index (χ0v) is 18.8. The van der Waals surface area contributed by atoms with Crippen LogP contribution in [0.1, 0.15) is 24.1 Å². The number of rotatable bonds is 10. The Kier molecular flexibility index (Phi) is 9.56. The highest BCUT2D eigenvalue weighted by atomic mass is 35.5. The molecule has 1 saturated heterocycles. The van der Waals surface area contributed by atoms with Gasteiger partial charge in [0.15, 0.2) is 0 Å². The molecule has 3 rings (SSSR count). The predicted octanol–water partition coefficient (Wildman–Crippen LogP) is 4.18. The minimum atomic E-state index is -0.319. The van der Waals surface area contributed by atoms with Crippen LogP contribution in [0.3, 0.4) is 0 Å². The molecule has 0 amide bonds. The van der Waals surface area contributed by atoms with Crippen LogP contribution < -0.4 is 0 Å². The van der Waals surface area contributed by atoms with Crippen LogP contribution in [0.2, 0.25) is 5.02 Å². The van der Waals surface area contributed by atoms with E-state index in [9.17, 15) is 4.79 Å². The van der Waals surface area contributed by atoms with E-state index in [2.05, 4.69) is 58.3 Å². The number of nitrogens with zero attached hydrogens (tertiary/aromatic N) is 2. The lowest BCUT2D eigenvalue weighted by Gasteiger charge is -2.39. The molecular formula is C25H31ClN2O3. The number of esters is 1. The Balaban J connectivity index is 1.50. The van der Waals surface area contributed by atoms with Crippen molar-refractivity contribution in [3.05, 3.63) is 82.9 Å². The smallest absolute Gasteiger partial charge is 0.332 e. The van der Waals surface area contributed by atoms with Gasteiger partial charge in [0, 0.05) is 37.7 Å². The van der Waals surface area contributed by atoms with E-state index in [0.717, 1.165) is 37.7 Å². The Bertz CT molecular complexity index is 818. The molecule has 0 aromatic heterocycles. The zero-order chi connectivity index (χ0) is 21.9. The fraction of sp³-hybridized carbons (Fsp3) is 0.400. The first-order chi connectivity index (χ1) is 15.2. The molecule has 2 aromatic rings. The summed E-state index contributed by atoms with van der Waals surface area (Å²) >= 11 is 6.12. The average Bonchev–Trinajstić information content (AvgIpc) is 2.79. The van der Waals surface area contributed by atoms with Crippen molar-refractivity contribution in [2.75, 3.05) is 52.5 Å². The first-order valence-corrected chi connectivity index (χ1v) is 11.2. The van der Waals surface area contributed by atoms with Crippen LogP contribution in [-0.4, -0.2) is 68.3 Å². The van der Waals surface area contributed by atoms with Crippen molar-refractivity contribution in [2.45, 2.75) is 13.0 Å². The normalized spacial score (nSPS) is 16.5. The van der Waals surface area contributed by atoms with E-state index >= 15 is 0 Å². The van der Waals surface area contributed by atoms with Gasteiger partial charge < -0.3 is 9.47 Å². The minimum absolute atomic E-state index is 0.00241. The number of carbonyl (C=O) groups is 1. The van der Waals surface area contributed by atoms with Gasteiger partial charge in [0.2, 0.25) is 0 Å². The third-order valence-electron chi connectivity index (χ3n) is 5.34. The first-order valence-electron chi connectivity index (χ1n) is 10.8. The van der Waals surface area contributed by atoms with Crippen molar-refractivity contribution in [3.8, 4) is 0 Å². The topological polar surface area (TPSA) is 42.0 Å². The number of hydrogen-bond acceptors (Lipinski definition) is 5. The molecule has 0 spiro atoms. The molecule has 0 aliphatic carbocycles. The van der Waals surface area contributed by atoms with Gasteiger partial charge in [0.25, 0.3) is 0 Å². The third kappa shape index (κ3) is 7.47. The monoisotopic (exact) mass is 442 g/mol. The van der Waals surface area contributed by atoms with Crippen molar-refractivity contribution in [3.63, 3.8) is 0 Å². The van der Waals surface area contributed by atoms with E-state index in [1.165, 1.54) is 11.1 Å². The lowest BCUT2D eigenvalue weighted by Crippen LogP contribution is -2.47. The zero-order valence-electron chi connectivity index (χ0n) is 18.1. The Morgan fingerprint density at radius 2 is 1.68 bits per heavy atom. The van der Waals surface area contributed by atoms with Gasteiger partial charge >= 0.3 is 5.97 Å². The average molecular weight is 443 g/mol. The van der Waals surface area contributed by atoms with Crippen molar-refractivity contribution in [2.24, 2.45) is 0 Å². The molecule has 0 bridgehead atoms. The Labute approximate surface area is 190 Å². The van der Waals surface area contributed by atoms with Gasteiger partial charge in [0.1, 0.15) is 6.61 Å². The number of carbonyl (C=O) groups excluding carboxylic acids is 1. The molecule has 0 saturated carbocycles. The van der Waals surface area contributed by atoms with Gasteiger partial charge in [-0.3, -0.25) is 9.80 Å². The lowest BCUT2D eigenvalue weighted by molar-refractivity contribution is -0.147. The molecule has 1 atom stereocenters. The maximum atomic E-state index is 11.2. The molecule has 31 heavy (non-hydrogen) atoms. The summed E-state index contributed by atoms with van der Waals surface area (Å²) in [5.41, 5.74) is 2.57. The quantitative estimate of drug-likeness (QED) is 0.313. The largest absolute Gasteiger partial charge is 0.464 e. The SMILES string of the molecule is CCOC(=O)COC/C=C\CN1CCN(C(c2ccccc2)c2ccc(Cl)cc2)CC1. The summed E-state index contributed by atoms with van der Waals surface area (Å²) in [6.45, 7) is 7.48. The standard InChI is InChI=1S/C25H31ClN2O3/c1-2-31-24(29)20-30-19-7-6-14-27-15-17-28(18-16-27)25(21-8-4-3-5-9-21)22-10-12-23(26)13-11-22/h3-13,25H,2,14-20H2,1H3/b7-6-. The van der Waals surface area contributed by atoms with E-state index in [1.807, 2.05) is 18.2 Å². The van der Waals surface area contributed by atoms with Crippen LogP contribution in [0, 0.1) is 0 Å². The molecular weight excluding hydrogens is 412 g/mol. The summed E-state index contributed by atoms with van der Waals surface area (Å²) < 4.78 is 10.1. The number of ether oxygens (including phenoxy) is 2. The van der Waals surface area contributed by atoms with Gasteiger partial charge in [0.05, 0.1) is 19.3 Å². The van der Waals surface area contributed by atoms with Gasteiger partial charge in [-0.1, -0.05) is 66.2 Å². The van der Waals surface area contributed by atoms with E-state index in [1.54, 1.807) is 6.92 Å². The summed E-state index contributed by atoms with van der Waals surface area (Å²) in [5.74, 6) is -0.319. The van der Waals surface area contributed by atoms with E-state index < -0.39 is 0 Å². The fourth-order valence-electron chi connectivity index (χ4n) is 3.80. The maximum Gasteiger partial charge on any atom is 0.332 e. The fourth-order valence-corrected chi connectivity index (χ4v) is 3.93. The molecule has 1 unspecified atom stereocenters. The molecule has 1 fully saturated rings. The highest BCUT2D eigenvalue weighted by molar-refractivity contribution is 6.30. The van der Waals surface area contributed by atoms with Crippen LogP contribution in [-0.2, 0) is 14.3 Å². The van der Waals surface area contributed by atoms with Crippen LogP contribution in [0.25, 0.3) is 0 Å². The molecule has 1 aliphatic heterocycles. The lowest BCUT2D eigenvalue weighted by atomic mass is 9.96. The molecule has 1 aliphatic rings. The first kappa shape index (κ1) is 23.5. The number of piperazine rings is 1. The second-order valence-corrected chi connectivity index (χ2v) is 7.93. The van der Waals surface area contributed by atoms with Crippen molar-refractivity contribution >= 4 is 17.6 Å². The van der Waals surface area contributed by atoms with Gasteiger partial charge in [-0.2, -0.15) is 0 Å². The maximum absolute atomic E-state index is 11.2. The molecule has 166 valence electrons. The van der Waals surface area contributed by atoms with Gasteiger partial charge in [-0.15, -0.1) is 0 Å². The molecule has 0 radical (unpaired) electrons. The third-order valence-corrected chi connectivity index (χ3v) is 5.59. The number of benzene rings is 2. The van der Waals surface area contributed by atoms with Crippen LogP contribution in [0.15, 0.2) is 66.7 Å². The molecule has 6 heteroatoms. The molecule has 1 heterocycles. The number of hydrogen-bond donors (Lipinski definition) is 0. The van der Waals surface area contributed by atoms with Crippen LogP contribution >= 0.6 is 11.6 Å². The molecule has 0 N–H and O–H groups in total.